The van der Waals surface area contributed by atoms with E-state index >= 15 is 0 Å². The van der Waals surface area contributed by atoms with Crippen LogP contribution < -0.4 is 5.56 Å². The molecule has 0 atom stereocenters. The van der Waals surface area contributed by atoms with E-state index in [0.717, 1.165) is 0 Å². The van der Waals surface area contributed by atoms with Gasteiger partial charge in [0.2, 0.25) is 0 Å². The lowest BCUT2D eigenvalue weighted by molar-refractivity contribution is 0.318. The van der Waals surface area contributed by atoms with Gasteiger partial charge in [0.25, 0.3) is 5.56 Å². The first-order chi connectivity index (χ1) is 10.6. The summed E-state index contributed by atoms with van der Waals surface area (Å²) in [6.45, 7) is 1.47. The van der Waals surface area contributed by atoms with Gasteiger partial charge in [0, 0.05) is 11.1 Å². The first-order valence-corrected chi connectivity index (χ1v) is 6.76. The number of aromatic hydroxyl groups is 1. The molecule has 110 valence electrons. The molecular formula is C17H14N2O3. The lowest BCUT2D eigenvalue weighted by Crippen LogP contribution is -2.25. The Morgan fingerprint density at radius 2 is 1.68 bits per heavy atom. The molecule has 22 heavy (non-hydrogen) atoms. The number of hydrogen-bond acceptors (Lipinski definition) is 4. The highest BCUT2D eigenvalue weighted by Gasteiger charge is 2.19. The van der Waals surface area contributed by atoms with Gasteiger partial charge in [-0.1, -0.05) is 35.5 Å². The van der Waals surface area contributed by atoms with Gasteiger partial charge in [-0.3, -0.25) is 9.36 Å². The molecule has 3 rings (SSSR count). The summed E-state index contributed by atoms with van der Waals surface area (Å²) in [6.07, 6.45) is 0. The number of hydrogen-bond donors (Lipinski definition) is 2. The van der Waals surface area contributed by atoms with E-state index in [0.29, 0.717) is 16.6 Å². The van der Waals surface area contributed by atoms with Gasteiger partial charge in [0.05, 0.1) is 11.2 Å². The van der Waals surface area contributed by atoms with Crippen molar-refractivity contribution in [3.05, 3.63) is 70.5 Å². The topological polar surface area (TPSA) is 74.8 Å². The summed E-state index contributed by atoms with van der Waals surface area (Å²) in [6, 6.07) is 16.2. The lowest BCUT2D eigenvalue weighted by Gasteiger charge is -2.14. The number of aromatic nitrogens is 1. The van der Waals surface area contributed by atoms with Gasteiger partial charge in [-0.2, -0.15) is 0 Å². The predicted octanol–water partition coefficient (Wildman–Crippen LogP) is 2.89. The molecule has 0 saturated carbocycles. The van der Waals surface area contributed by atoms with Gasteiger partial charge < -0.3 is 10.3 Å². The van der Waals surface area contributed by atoms with Crippen LogP contribution in [0.2, 0.25) is 0 Å². The second-order valence-corrected chi connectivity index (χ2v) is 4.90. The van der Waals surface area contributed by atoms with E-state index in [2.05, 4.69) is 5.16 Å². The fourth-order valence-electron chi connectivity index (χ4n) is 2.54. The van der Waals surface area contributed by atoms with Crippen molar-refractivity contribution in [2.75, 3.05) is 0 Å². The number of para-hydroxylation sites is 2. The Kier molecular flexibility index (Phi) is 3.39. The van der Waals surface area contributed by atoms with Crippen molar-refractivity contribution in [2.24, 2.45) is 5.16 Å². The number of benzene rings is 2. The minimum Gasteiger partial charge on any atom is -0.506 e. The normalized spacial score (nSPS) is 11.8. The summed E-state index contributed by atoms with van der Waals surface area (Å²) >= 11 is 0. The van der Waals surface area contributed by atoms with E-state index in [4.69, 9.17) is 5.21 Å². The van der Waals surface area contributed by atoms with Crippen LogP contribution >= 0.6 is 0 Å². The van der Waals surface area contributed by atoms with Crippen LogP contribution in [0.25, 0.3) is 16.6 Å². The lowest BCUT2D eigenvalue weighted by atomic mass is 10.1. The Bertz CT molecular complexity index is 928. The first kappa shape index (κ1) is 13.9. The highest BCUT2D eigenvalue weighted by molar-refractivity contribution is 6.05. The standard InChI is InChI=1S/C17H14N2O3/c1-11(18-22)15-16(20)13-9-5-6-10-14(13)19(17(15)21)12-7-3-2-4-8-12/h2-10,20,22H,1H3. The second kappa shape index (κ2) is 5.37. The van der Waals surface area contributed by atoms with Crippen LogP contribution in [-0.2, 0) is 0 Å². The molecule has 3 aromatic rings. The van der Waals surface area contributed by atoms with Gasteiger partial charge >= 0.3 is 0 Å². The number of oxime groups is 1. The molecule has 0 radical (unpaired) electrons. The molecule has 0 saturated heterocycles. The van der Waals surface area contributed by atoms with Crippen molar-refractivity contribution in [3.8, 4) is 11.4 Å². The van der Waals surface area contributed by atoms with E-state index in [1.165, 1.54) is 11.5 Å². The number of fused-ring (bicyclic) bond motifs is 1. The average Bonchev–Trinajstić information content (AvgIpc) is 2.56. The van der Waals surface area contributed by atoms with Gasteiger partial charge in [0.1, 0.15) is 11.3 Å². The van der Waals surface area contributed by atoms with Gasteiger partial charge in [-0.15, -0.1) is 0 Å². The molecule has 0 bridgehead atoms. The molecule has 0 aliphatic carbocycles. The molecule has 5 heteroatoms. The average molecular weight is 294 g/mol. The van der Waals surface area contributed by atoms with Crippen molar-refractivity contribution in [1.29, 1.82) is 0 Å². The molecule has 0 amide bonds. The van der Waals surface area contributed by atoms with Crippen molar-refractivity contribution in [1.82, 2.24) is 4.57 Å². The van der Waals surface area contributed by atoms with E-state index in [9.17, 15) is 9.90 Å². The molecular weight excluding hydrogens is 280 g/mol. The minimum atomic E-state index is -0.433. The van der Waals surface area contributed by atoms with Crippen LogP contribution in [0, 0.1) is 0 Å². The predicted molar refractivity (Wildman–Crippen MR) is 85.2 cm³/mol. The monoisotopic (exact) mass is 294 g/mol. The molecule has 1 heterocycles. The smallest absolute Gasteiger partial charge is 0.268 e. The third-order valence-electron chi connectivity index (χ3n) is 3.58. The summed E-state index contributed by atoms with van der Waals surface area (Å²) in [5.41, 5.74) is 0.891. The maximum absolute atomic E-state index is 12.8. The van der Waals surface area contributed by atoms with Crippen molar-refractivity contribution in [2.45, 2.75) is 6.92 Å². The molecule has 1 aromatic heterocycles. The largest absolute Gasteiger partial charge is 0.506 e. The zero-order chi connectivity index (χ0) is 15.7. The van der Waals surface area contributed by atoms with E-state index in [-0.39, 0.29) is 17.0 Å². The van der Waals surface area contributed by atoms with Crippen LogP contribution in [0.3, 0.4) is 0 Å². The Hall–Kier alpha value is -3.08. The summed E-state index contributed by atoms with van der Waals surface area (Å²) < 4.78 is 1.50. The minimum absolute atomic E-state index is 0.00921. The Labute approximate surface area is 126 Å². The van der Waals surface area contributed by atoms with Gasteiger partial charge in [0.15, 0.2) is 0 Å². The Morgan fingerprint density at radius 3 is 2.36 bits per heavy atom. The summed E-state index contributed by atoms with van der Waals surface area (Å²) in [7, 11) is 0. The van der Waals surface area contributed by atoms with Crippen LogP contribution in [0.5, 0.6) is 5.75 Å². The zero-order valence-electron chi connectivity index (χ0n) is 11.9. The zero-order valence-corrected chi connectivity index (χ0v) is 11.9. The van der Waals surface area contributed by atoms with Crippen LogP contribution in [0.1, 0.15) is 12.5 Å². The molecule has 2 N–H and O–H groups in total. The van der Waals surface area contributed by atoms with E-state index in [1.807, 2.05) is 18.2 Å². The third kappa shape index (κ3) is 2.03. The highest BCUT2D eigenvalue weighted by atomic mass is 16.4. The molecule has 2 aromatic carbocycles. The highest BCUT2D eigenvalue weighted by Crippen LogP contribution is 2.28. The molecule has 0 fully saturated rings. The SMILES string of the molecule is CC(=NO)c1c(O)c2ccccc2n(-c2ccccc2)c1=O. The Morgan fingerprint density at radius 1 is 1.05 bits per heavy atom. The summed E-state index contributed by atoms with van der Waals surface area (Å²) in [4.78, 5) is 12.8. The van der Waals surface area contributed by atoms with E-state index in [1.54, 1.807) is 36.4 Å². The maximum atomic E-state index is 12.8. The number of nitrogens with zero attached hydrogens (tertiary/aromatic N) is 2. The van der Waals surface area contributed by atoms with Crippen LogP contribution in [0.4, 0.5) is 0 Å². The fourth-order valence-corrected chi connectivity index (χ4v) is 2.54. The molecule has 0 spiro atoms. The third-order valence-corrected chi connectivity index (χ3v) is 3.58. The molecule has 0 aliphatic heterocycles. The summed E-state index contributed by atoms with van der Waals surface area (Å²) in [5, 5.41) is 23.0. The molecule has 0 aliphatic rings. The van der Waals surface area contributed by atoms with E-state index < -0.39 is 5.56 Å². The fraction of sp³-hybridized carbons (Fsp3) is 0.0588. The quantitative estimate of drug-likeness (QED) is 0.433. The molecule has 5 nitrogen and oxygen atoms in total. The van der Waals surface area contributed by atoms with Crippen LogP contribution in [-0.4, -0.2) is 20.6 Å². The maximum Gasteiger partial charge on any atom is 0.268 e. The van der Waals surface area contributed by atoms with Crippen LogP contribution in [0.15, 0.2) is 64.5 Å². The van der Waals surface area contributed by atoms with Crippen molar-refractivity contribution >= 4 is 16.6 Å². The van der Waals surface area contributed by atoms with Crippen molar-refractivity contribution < 1.29 is 10.3 Å². The second-order valence-electron chi connectivity index (χ2n) is 4.90. The summed E-state index contributed by atoms with van der Waals surface area (Å²) in [5.74, 6) is -0.178. The number of rotatable bonds is 2. The Balaban J connectivity index is 2.54. The van der Waals surface area contributed by atoms with Gasteiger partial charge in [-0.25, -0.2) is 0 Å². The van der Waals surface area contributed by atoms with Gasteiger partial charge in [-0.05, 0) is 31.2 Å². The first-order valence-electron chi connectivity index (χ1n) is 6.76. The number of pyridine rings is 1. The molecule has 0 unspecified atom stereocenters. The van der Waals surface area contributed by atoms with Crippen molar-refractivity contribution in [3.63, 3.8) is 0 Å².